The Labute approximate surface area is 607 Å². The predicted molar refractivity (Wildman–Crippen MR) is 404 cm³/mol. The van der Waals surface area contributed by atoms with Gasteiger partial charge in [-0.05, 0) is 49.4 Å². The Morgan fingerprint density at radius 2 is 0.485 bits per heavy atom. The lowest BCUT2D eigenvalue weighted by Gasteiger charge is -2.21. The first-order valence-electron chi connectivity index (χ1n) is 41.3. The molecule has 0 fully saturated rings. The highest BCUT2D eigenvalue weighted by Gasteiger charge is 2.30. The molecule has 0 spiro atoms. The van der Waals surface area contributed by atoms with Gasteiger partial charge in [0.05, 0.1) is 26.4 Å². The minimum absolute atomic E-state index is 0.106. The van der Waals surface area contributed by atoms with Gasteiger partial charge in [0, 0.05) is 25.7 Å². The Bertz CT molecular complexity index is 1940. The topological polar surface area (TPSA) is 237 Å². The Morgan fingerprint density at radius 3 is 0.717 bits per heavy atom. The molecule has 17 nitrogen and oxygen atoms in total. The highest BCUT2D eigenvalue weighted by atomic mass is 31.2. The second-order valence-corrected chi connectivity index (χ2v) is 33.1. The van der Waals surface area contributed by atoms with E-state index in [1.54, 1.807) is 0 Å². The number of rotatable bonds is 77. The number of aliphatic hydroxyl groups is 1. The molecule has 0 aromatic carbocycles. The van der Waals surface area contributed by atoms with Crippen LogP contribution in [0.25, 0.3) is 0 Å². The zero-order chi connectivity index (χ0) is 73.1. The van der Waals surface area contributed by atoms with Crippen LogP contribution in [0.15, 0.2) is 0 Å². The van der Waals surface area contributed by atoms with E-state index in [-0.39, 0.29) is 25.7 Å². The summed E-state index contributed by atoms with van der Waals surface area (Å²) in [6.07, 6.45) is 55.4. The van der Waals surface area contributed by atoms with Gasteiger partial charge in [-0.25, -0.2) is 9.13 Å². The van der Waals surface area contributed by atoms with Crippen molar-refractivity contribution in [3.05, 3.63) is 0 Å². The van der Waals surface area contributed by atoms with Crippen molar-refractivity contribution in [3.8, 4) is 0 Å². The van der Waals surface area contributed by atoms with Gasteiger partial charge in [0.15, 0.2) is 12.2 Å². The number of ether oxygens (including phenoxy) is 4. The van der Waals surface area contributed by atoms with Gasteiger partial charge in [-0.2, -0.15) is 0 Å². The monoisotopic (exact) mass is 1450 g/mol. The van der Waals surface area contributed by atoms with Crippen LogP contribution in [-0.4, -0.2) is 96.7 Å². The molecule has 19 heteroatoms. The second kappa shape index (κ2) is 69.1. The molecule has 0 aromatic heterocycles. The Morgan fingerprint density at radius 1 is 0.283 bits per heavy atom. The van der Waals surface area contributed by atoms with Crippen LogP contribution in [0.3, 0.4) is 0 Å². The number of aliphatic hydroxyl groups excluding tert-OH is 1. The summed E-state index contributed by atoms with van der Waals surface area (Å²) in [4.78, 5) is 73.0. The number of unbranched alkanes of at least 4 members (excludes halogenated alkanes) is 41. The van der Waals surface area contributed by atoms with Gasteiger partial charge in [-0.3, -0.25) is 37.3 Å². The van der Waals surface area contributed by atoms with E-state index in [2.05, 4.69) is 55.4 Å². The van der Waals surface area contributed by atoms with Gasteiger partial charge in [-0.15, -0.1) is 0 Å². The molecular weight excluding hydrogens is 1290 g/mol. The highest BCUT2D eigenvalue weighted by Crippen LogP contribution is 2.45. The third-order valence-electron chi connectivity index (χ3n) is 19.3. The lowest BCUT2D eigenvalue weighted by molar-refractivity contribution is -0.161. The summed E-state index contributed by atoms with van der Waals surface area (Å²) in [5.41, 5.74) is 0. The fraction of sp³-hybridized carbons (Fsp3) is 0.950. The van der Waals surface area contributed by atoms with Gasteiger partial charge in [-0.1, -0.05) is 357 Å². The van der Waals surface area contributed by atoms with Crippen LogP contribution < -0.4 is 0 Å². The molecule has 0 amide bonds. The summed E-state index contributed by atoms with van der Waals surface area (Å²) in [6, 6.07) is 0. The number of hydrogen-bond acceptors (Lipinski definition) is 15. The van der Waals surface area contributed by atoms with Gasteiger partial charge in [0.25, 0.3) is 0 Å². The molecule has 0 radical (unpaired) electrons. The van der Waals surface area contributed by atoms with Crippen LogP contribution in [-0.2, 0) is 65.4 Å². The Hall–Kier alpha value is -1.94. The van der Waals surface area contributed by atoms with Crippen molar-refractivity contribution in [3.63, 3.8) is 0 Å². The number of carbonyl (C=O) groups is 4. The first kappa shape index (κ1) is 97.1. The molecule has 0 aliphatic rings. The number of carbonyl (C=O) groups excluding carboxylic acids is 4. The zero-order valence-corrected chi connectivity index (χ0v) is 66.9. The van der Waals surface area contributed by atoms with Crippen molar-refractivity contribution in [2.45, 2.75) is 427 Å². The molecule has 7 atom stereocenters. The van der Waals surface area contributed by atoms with Crippen molar-refractivity contribution in [1.82, 2.24) is 0 Å². The molecule has 0 rings (SSSR count). The summed E-state index contributed by atoms with van der Waals surface area (Å²) in [5, 5.41) is 10.6. The normalized spacial score (nSPS) is 14.6. The van der Waals surface area contributed by atoms with E-state index in [4.69, 9.17) is 37.0 Å². The summed E-state index contributed by atoms with van der Waals surface area (Å²) in [6.45, 7) is 14.3. The lowest BCUT2D eigenvalue weighted by Crippen LogP contribution is -2.30. The first-order chi connectivity index (χ1) is 47.7. The minimum Gasteiger partial charge on any atom is -0.462 e. The standard InChI is InChI=1S/C80H156O17P2/c1-9-72(7)58-50-42-34-28-22-15-11-12-16-23-29-35-44-52-60-77(82)90-66-75(96-79(84)63-55-47-37-31-25-19-18-21-27-33-41-49-57-71(5)6)68-94-98(86,87)92-64-74(81)65-93-99(88,89)95-69-76(67-91-78(83)61-53-45-39-38-43-51-59-73(8)10-2)97-80(85)62-54-46-36-30-24-17-13-14-20-26-32-40-48-56-70(3)4/h70-76,81H,9-69H2,1-8H3,(H,86,87)(H,88,89)/t72?,73?,74-,75-,76-/m1/s1. The van der Waals surface area contributed by atoms with Gasteiger partial charge < -0.3 is 33.8 Å². The highest BCUT2D eigenvalue weighted by molar-refractivity contribution is 7.47. The first-order valence-corrected chi connectivity index (χ1v) is 44.3. The van der Waals surface area contributed by atoms with Gasteiger partial charge in [0.2, 0.25) is 0 Å². The maximum atomic E-state index is 13.1. The summed E-state index contributed by atoms with van der Waals surface area (Å²) in [5.74, 6) is 1.03. The van der Waals surface area contributed by atoms with Gasteiger partial charge >= 0.3 is 39.5 Å². The molecule has 99 heavy (non-hydrogen) atoms. The van der Waals surface area contributed by atoms with Crippen molar-refractivity contribution in [2.24, 2.45) is 23.7 Å². The molecule has 0 heterocycles. The third kappa shape index (κ3) is 71.5. The molecule has 588 valence electrons. The number of hydrogen-bond donors (Lipinski definition) is 3. The van der Waals surface area contributed by atoms with Crippen LogP contribution in [0.1, 0.15) is 409 Å². The van der Waals surface area contributed by atoms with Crippen molar-refractivity contribution in [2.75, 3.05) is 39.6 Å². The van der Waals surface area contributed by atoms with Gasteiger partial charge in [0.1, 0.15) is 19.3 Å². The van der Waals surface area contributed by atoms with Crippen LogP contribution in [0, 0.1) is 23.7 Å². The van der Waals surface area contributed by atoms with Crippen LogP contribution in [0.5, 0.6) is 0 Å². The van der Waals surface area contributed by atoms with Crippen molar-refractivity contribution >= 4 is 39.5 Å². The van der Waals surface area contributed by atoms with E-state index in [1.165, 1.54) is 205 Å². The molecule has 0 aliphatic heterocycles. The van der Waals surface area contributed by atoms with Crippen molar-refractivity contribution < 1.29 is 80.2 Å². The Balaban J connectivity index is 5.25. The molecule has 0 saturated heterocycles. The largest absolute Gasteiger partial charge is 0.472 e. The minimum atomic E-state index is -4.96. The molecule has 0 saturated carbocycles. The van der Waals surface area contributed by atoms with E-state index in [1.807, 2.05) is 0 Å². The molecule has 0 aromatic rings. The second-order valence-electron chi connectivity index (χ2n) is 30.2. The predicted octanol–water partition coefficient (Wildman–Crippen LogP) is 23.6. The molecule has 4 unspecified atom stereocenters. The van der Waals surface area contributed by atoms with E-state index >= 15 is 0 Å². The smallest absolute Gasteiger partial charge is 0.462 e. The van der Waals surface area contributed by atoms with E-state index in [0.717, 1.165) is 120 Å². The molecule has 0 bridgehead atoms. The maximum absolute atomic E-state index is 13.1. The number of esters is 4. The fourth-order valence-electron chi connectivity index (χ4n) is 12.2. The average molecular weight is 1450 g/mol. The van der Waals surface area contributed by atoms with Crippen LogP contribution >= 0.6 is 15.6 Å². The lowest BCUT2D eigenvalue weighted by atomic mass is 9.99. The zero-order valence-electron chi connectivity index (χ0n) is 65.1. The van der Waals surface area contributed by atoms with E-state index < -0.39 is 97.5 Å². The van der Waals surface area contributed by atoms with E-state index in [9.17, 15) is 43.2 Å². The maximum Gasteiger partial charge on any atom is 0.472 e. The average Bonchev–Trinajstić information content (AvgIpc) is 1.14. The molecule has 3 N–H and O–H groups in total. The third-order valence-corrected chi connectivity index (χ3v) is 21.2. The fourth-order valence-corrected chi connectivity index (χ4v) is 13.8. The van der Waals surface area contributed by atoms with Crippen molar-refractivity contribution in [1.29, 1.82) is 0 Å². The SMILES string of the molecule is CCC(C)CCCCCCCCCCCCCCCCC(=O)OC[C@H](COP(=O)(O)OC[C@@H](O)COP(=O)(O)OC[C@@H](COC(=O)CCCCCCCCC(C)CC)OC(=O)CCCCCCCCCCCCCCCC(C)C)OC(=O)CCCCCCCCCCCCCCC(C)C. The molecule has 0 aliphatic carbocycles. The number of phosphoric ester groups is 2. The van der Waals surface area contributed by atoms with Crippen LogP contribution in [0.2, 0.25) is 0 Å². The Kier molecular flexibility index (Phi) is 67.8. The number of phosphoric acid groups is 2. The van der Waals surface area contributed by atoms with Crippen LogP contribution in [0.4, 0.5) is 0 Å². The molecular formula is C80H156O17P2. The van der Waals surface area contributed by atoms with E-state index in [0.29, 0.717) is 25.7 Å². The summed E-state index contributed by atoms with van der Waals surface area (Å²) < 4.78 is 68.7. The quantitative estimate of drug-likeness (QED) is 0.0222. The summed E-state index contributed by atoms with van der Waals surface area (Å²) in [7, 11) is -9.92. The summed E-state index contributed by atoms with van der Waals surface area (Å²) >= 11 is 0.